The third-order valence-corrected chi connectivity index (χ3v) is 8.64. The largest absolute Gasteiger partial charge is 0.496 e. The molecule has 3 aliphatic rings. The van der Waals surface area contributed by atoms with Crippen LogP contribution in [0, 0.1) is 11.3 Å². The van der Waals surface area contributed by atoms with Gasteiger partial charge in [0.1, 0.15) is 18.0 Å². The van der Waals surface area contributed by atoms with Crippen LogP contribution in [0.25, 0.3) is 0 Å². The first-order chi connectivity index (χ1) is 19.0. The molecule has 0 aromatic heterocycles. The number of piperidine rings is 1. The Morgan fingerprint density at radius 2 is 1.90 bits per heavy atom. The zero-order chi connectivity index (χ0) is 28.8. The number of anilines is 1. The van der Waals surface area contributed by atoms with Gasteiger partial charge in [-0.2, -0.15) is 0 Å². The lowest BCUT2D eigenvalue weighted by Gasteiger charge is -2.45. The van der Waals surface area contributed by atoms with Crippen molar-refractivity contribution < 1.29 is 29.0 Å². The normalized spacial score (nSPS) is 24.8. The van der Waals surface area contributed by atoms with Gasteiger partial charge in [0.15, 0.2) is 0 Å². The van der Waals surface area contributed by atoms with E-state index in [0.29, 0.717) is 30.2 Å². The molecule has 5 rings (SSSR count). The molecule has 9 heteroatoms. The summed E-state index contributed by atoms with van der Waals surface area (Å²) in [6.07, 6.45) is 0.707. The number of amides is 2. The van der Waals surface area contributed by atoms with Gasteiger partial charge < -0.3 is 24.4 Å². The Bertz CT molecular complexity index is 1320. The number of hydrogen-bond donors (Lipinski definition) is 1. The SMILES string of the molecule is COc1ccccc1[C@H]1O[C@H](CC(=O)N2CCC[C@@H](C(=O)O)C2)C(=O)N2c3c(cc(Cl)cc31)CC[C@@H]2C(C)(C)C. The smallest absolute Gasteiger partial charge is 0.308 e. The first kappa shape index (κ1) is 28.4. The molecule has 214 valence electrons. The van der Waals surface area contributed by atoms with Gasteiger partial charge in [-0.05, 0) is 54.9 Å². The quantitative estimate of drug-likeness (QED) is 0.529. The van der Waals surface area contributed by atoms with Crippen LogP contribution < -0.4 is 9.64 Å². The second-order valence-corrected chi connectivity index (χ2v) is 12.5. The van der Waals surface area contributed by atoms with Crippen LogP contribution in [0.3, 0.4) is 0 Å². The van der Waals surface area contributed by atoms with E-state index in [9.17, 15) is 19.5 Å². The first-order valence-electron chi connectivity index (χ1n) is 13.9. The van der Waals surface area contributed by atoms with E-state index in [-0.39, 0.29) is 36.2 Å². The van der Waals surface area contributed by atoms with Crippen molar-refractivity contribution in [3.05, 3.63) is 58.1 Å². The van der Waals surface area contributed by atoms with Crippen LogP contribution in [-0.2, 0) is 25.5 Å². The lowest BCUT2D eigenvalue weighted by molar-refractivity contribution is -0.149. The molecule has 1 saturated heterocycles. The Hall–Kier alpha value is -3.10. The summed E-state index contributed by atoms with van der Waals surface area (Å²) in [6.45, 7) is 6.96. The summed E-state index contributed by atoms with van der Waals surface area (Å²) in [5, 5.41) is 10.1. The molecule has 0 radical (unpaired) electrons. The molecule has 1 fully saturated rings. The molecule has 40 heavy (non-hydrogen) atoms. The Balaban J connectivity index is 1.61. The van der Waals surface area contributed by atoms with Gasteiger partial charge in [0.2, 0.25) is 5.91 Å². The Morgan fingerprint density at radius 3 is 2.60 bits per heavy atom. The van der Waals surface area contributed by atoms with Gasteiger partial charge in [-0.15, -0.1) is 0 Å². The van der Waals surface area contributed by atoms with Crippen LogP contribution in [0.2, 0.25) is 5.02 Å². The summed E-state index contributed by atoms with van der Waals surface area (Å²) in [5.41, 5.74) is 3.06. The van der Waals surface area contributed by atoms with E-state index in [1.54, 1.807) is 12.0 Å². The van der Waals surface area contributed by atoms with Crippen LogP contribution in [-0.4, -0.2) is 60.1 Å². The molecule has 1 N–H and O–H groups in total. The number of rotatable bonds is 5. The number of hydrogen-bond acceptors (Lipinski definition) is 5. The van der Waals surface area contributed by atoms with E-state index in [1.807, 2.05) is 41.3 Å². The number of carboxylic acid groups (broad SMARTS) is 1. The molecule has 3 heterocycles. The highest BCUT2D eigenvalue weighted by Crippen LogP contribution is 2.49. The highest BCUT2D eigenvalue weighted by Gasteiger charge is 2.47. The highest BCUT2D eigenvalue weighted by molar-refractivity contribution is 6.31. The minimum Gasteiger partial charge on any atom is -0.496 e. The molecular formula is C31H37ClN2O6. The number of aryl methyl sites for hydroxylation is 1. The molecule has 4 atom stereocenters. The third-order valence-electron chi connectivity index (χ3n) is 8.42. The molecule has 3 aliphatic heterocycles. The molecule has 0 unspecified atom stereocenters. The standard InChI is InChI=1S/C31H37ClN2O6/c1-31(2,3)25-12-11-18-14-20(32)15-22-27(18)34(25)29(36)24(40-28(22)21-9-5-6-10-23(21)39-4)16-26(35)33-13-7-8-19(17-33)30(37)38/h5-6,9-10,14-15,19,24-25,28H,7-8,11-13,16-17H2,1-4H3,(H,37,38)/t19-,24-,25-,28-/m1/s1. The monoisotopic (exact) mass is 568 g/mol. The fourth-order valence-corrected chi connectivity index (χ4v) is 6.68. The van der Waals surface area contributed by atoms with Crippen molar-refractivity contribution in [1.29, 1.82) is 0 Å². The van der Waals surface area contributed by atoms with Gasteiger partial charge in [-0.25, -0.2) is 0 Å². The number of carbonyl (C=O) groups excluding carboxylic acids is 2. The number of carboxylic acids is 1. The second kappa shape index (κ2) is 11.1. The zero-order valence-electron chi connectivity index (χ0n) is 23.5. The number of nitrogens with zero attached hydrogens (tertiary/aromatic N) is 2. The Morgan fingerprint density at radius 1 is 1.15 bits per heavy atom. The molecule has 8 nitrogen and oxygen atoms in total. The number of aliphatic carboxylic acids is 1. The summed E-state index contributed by atoms with van der Waals surface area (Å²) in [4.78, 5) is 43.1. The zero-order valence-corrected chi connectivity index (χ0v) is 24.2. The molecule has 0 aliphatic carbocycles. The molecule has 2 amide bonds. The third kappa shape index (κ3) is 5.31. The van der Waals surface area contributed by atoms with Crippen molar-refractivity contribution in [2.75, 3.05) is 25.1 Å². The predicted octanol–water partition coefficient (Wildman–Crippen LogP) is 5.24. The molecule has 0 spiro atoms. The number of likely N-dealkylation sites (tertiary alicyclic amines) is 1. The van der Waals surface area contributed by atoms with E-state index in [4.69, 9.17) is 21.1 Å². The van der Waals surface area contributed by atoms with E-state index in [0.717, 1.165) is 35.2 Å². The summed E-state index contributed by atoms with van der Waals surface area (Å²) in [7, 11) is 1.59. The van der Waals surface area contributed by atoms with Crippen LogP contribution in [0.4, 0.5) is 5.69 Å². The molecular weight excluding hydrogens is 532 g/mol. The van der Waals surface area contributed by atoms with Crippen molar-refractivity contribution in [2.24, 2.45) is 11.3 Å². The van der Waals surface area contributed by atoms with E-state index < -0.39 is 24.1 Å². The van der Waals surface area contributed by atoms with Crippen LogP contribution >= 0.6 is 11.6 Å². The Labute approximate surface area is 240 Å². The van der Waals surface area contributed by atoms with Crippen molar-refractivity contribution in [3.8, 4) is 5.75 Å². The van der Waals surface area contributed by atoms with Gasteiger partial charge in [0.05, 0.1) is 25.1 Å². The maximum absolute atomic E-state index is 14.5. The highest BCUT2D eigenvalue weighted by atomic mass is 35.5. The van der Waals surface area contributed by atoms with Crippen molar-refractivity contribution >= 4 is 35.1 Å². The lowest BCUT2D eigenvalue weighted by Crippen LogP contribution is -2.54. The maximum Gasteiger partial charge on any atom is 0.308 e. The minimum absolute atomic E-state index is 0.114. The number of ether oxygens (including phenoxy) is 2. The lowest BCUT2D eigenvalue weighted by atomic mass is 9.78. The first-order valence-corrected chi connectivity index (χ1v) is 14.3. The van der Waals surface area contributed by atoms with E-state index in [2.05, 4.69) is 20.8 Å². The molecule has 0 bridgehead atoms. The summed E-state index contributed by atoms with van der Waals surface area (Å²) in [5.74, 6) is -1.45. The average molecular weight is 569 g/mol. The number of methoxy groups -OCH3 is 1. The summed E-state index contributed by atoms with van der Waals surface area (Å²) < 4.78 is 12.3. The Kier molecular flexibility index (Phi) is 7.86. The summed E-state index contributed by atoms with van der Waals surface area (Å²) >= 11 is 6.64. The second-order valence-electron chi connectivity index (χ2n) is 12.1. The van der Waals surface area contributed by atoms with Crippen molar-refractivity contribution in [1.82, 2.24) is 4.90 Å². The van der Waals surface area contributed by atoms with Crippen LogP contribution in [0.5, 0.6) is 5.75 Å². The fraction of sp³-hybridized carbons (Fsp3) is 0.516. The minimum atomic E-state index is -1.07. The maximum atomic E-state index is 14.5. The number of benzene rings is 2. The number of halogens is 1. The molecule has 0 saturated carbocycles. The number of carbonyl (C=O) groups is 3. The van der Waals surface area contributed by atoms with Gasteiger partial charge in [-0.3, -0.25) is 14.4 Å². The number of para-hydroxylation sites is 1. The van der Waals surface area contributed by atoms with Gasteiger partial charge in [-0.1, -0.05) is 50.6 Å². The average Bonchev–Trinajstić information content (AvgIpc) is 3.03. The van der Waals surface area contributed by atoms with Crippen molar-refractivity contribution in [3.63, 3.8) is 0 Å². The van der Waals surface area contributed by atoms with E-state index >= 15 is 0 Å². The fourth-order valence-electron chi connectivity index (χ4n) is 6.43. The van der Waals surface area contributed by atoms with Gasteiger partial charge >= 0.3 is 5.97 Å². The molecule has 2 aromatic rings. The van der Waals surface area contributed by atoms with Gasteiger partial charge in [0, 0.05) is 35.3 Å². The van der Waals surface area contributed by atoms with Gasteiger partial charge in [0.25, 0.3) is 5.91 Å². The van der Waals surface area contributed by atoms with E-state index in [1.165, 1.54) is 0 Å². The predicted molar refractivity (Wildman–Crippen MR) is 152 cm³/mol. The topological polar surface area (TPSA) is 96.4 Å². The van der Waals surface area contributed by atoms with Crippen LogP contribution in [0.1, 0.15) is 69.2 Å². The van der Waals surface area contributed by atoms with Crippen LogP contribution in [0.15, 0.2) is 36.4 Å². The molecule has 2 aromatic carbocycles. The van der Waals surface area contributed by atoms with Crippen molar-refractivity contribution in [2.45, 2.75) is 71.1 Å². The summed E-state index contributed by atoms with van der Waals surface area (Å²) in [6, 6.07) is 11.2.